The number of rotatable bonds is 5. The van der Waals surface area contributed by atoms with Gasteiger partial charge in [0.05, 0.1) is 12.0 Å². The van der Waals surface area contributed by atoms with E-state index in [0.717, 1.165) is 42.8 Å². The Morgan fingerprint density at radius 3 is 2.36 bits per heavy atom. The van der Waals surface area contributed by atoms with E-state index in [1.807, 2.05) is 45.9 Å². The fourth-order valence-corrected chi connectivity index (χ4v) is 2.76. The van der Waals surface area contributed by atoms with Crippen LogP contribution < -0.4 is 4.74 Å². The monoisotopic (exact) mass is 347 g/mol. The normalized spacial score (nSPS) is 16.5. The summed E-state index contributed by atoms with van der Waals surface area (Å²) in [6.45, 7) is 11.2. The first-order chi connectivity index (χ1) is 11.7. The third-order valence-electron chi connectivity index (χ3n) is 4.46. The predicted molar refractivity (Wildman–Crippen MR) is 96.5 cm³/mol. The first-order valence-corrected chi connectivity index (χ1v) is 8.88. The van der Waals surface area contributed by atoms with Crippen molar-refractivity contribution in [2.45, 2.75) is 47.5 Å². The SMILES string of the molecule is CC(=O)c1ccc(OCC2CCN(OC(=O)C(C)(C)C)CC2)cc1C. The lowest BCUT2D eigenvalue weighted by Crippen LogP contribution is -2.39. The number of ketones is 1. The molecule has 5 nitrogen and oxygen atoms in total. The summed E-state index contributed by atoms with van der Waals surface area (Å²) in [5, 5.41) is 1.76. The fourth-order valence-electron chi connectivity index (χ4n) is 2.76. The van der Waals surface area contributed by atoms with Crippen LogP contribution in [-0.2, 0) is 9.63 Å². The van der Waals surface area contributed by atoms with Crippen molar-refractivity contribution in [3.05, 3.63) is 29.3 Å². The zero-order valence-corrected chi connectivity index (χ0v) is 15.9. The second-order valence-corrected chi connectivity index (χ2v) is 7.85. The van der Waals surface area contributed by atoms with Crippen LogP contribution in [0, 0.1) is 18.3 Å². The van der Waals surface area contributed by atoms with Gasteiger partial charge in [0, 0.05) is 18.7 Å². The Bertz CT molecular complexity index is 625. The van der Waals surface area contributed by atoms with Crippen LogP contribution in [0.2, 0.25) is 0 Å². The molecule has 1 aliphatic rings. The second kappa shape index (κ2) is 8.00. The maximum Gasteiger partial charge on any atom is 0.330 e. The van der Waals surface area contributed by atoms with Crippen LogP contribution in [0.15, 0.2) is 18.2 Å². The molecule has 0 amide bonds. The number of carbonyl (C=O) groups excluding carboxylic acids is 2. The van der Waals surface area contributed by atoms with Crippen molar-refractivity contribution < 1.29 is 19.2 Å². The van der Waals surface area contributed by atoms with E-state index in [1.165, 1.54) is 0 Å². The highest BCUT2D eigenvalue weighted by molar-refractivity contribution is 5.95. The Morgan fingerprint density at radius 2 is 1.84 bits per heavy atom. The summed E-state index contributed by atoms with van der Waals surface area (Å²) >= 11 is 0. The smallest absolute Gasteiger partial charge is 0.330 e. The highest BCUT2D eigenvalue weighted by atomic mass is 16.7. The summed E-state index contributed by atoms with van der Waals surface area (Å²) in [6.07, 6.45) is 1.86. The van der Waals surface area contributed by atoms with Crippen LogP contribution in [0.25, 0.3) is 0 Å². The Labute approximate surface area is 150 Å². The average molecular weight is 347 g/mol. The second-order valence-electron chi connectivity index (χ2n) is 7.85. The number of nitrogens with zero attached hydrogens (tertiary/aromatic N) is 1. The van der Waals surface area contributed by atoms with Crippen LogP contribution in [0.1, 0.15) is 56.5 Å². The number of hydrogen-bond acceptors (Lipinski definition) is 5. The van der Waals surface area contributed by atoms with Crippen molar-refractivity contribution in [2.75, 3.05) is 19.7 Å². The molecule has 2 rings (SSSR count). The minimum Gasteiger partial charge on any atom is -0.493 e. The molecule has 1 aromatic carbocycles. The quantitative estimate of drug-likeness (QED) is 0.759. The maximum absolute atomic E-state index is 11.9. The van der Waals surface area contributed by atoms with Crippen molar-refractivity contribution >= 4 is 11.8 Å². The average Bonchev–Trinajstić information content (AvgIpc) is 2.53. The number of carbonyl (C=O) groups is 2. The molecule has 1 fully saturated rings. The number of aryl methyl sites for hydroxylation is 1. The molecule has 0 aromatic heterocycles. The van der Waals surface area contributed by atoms with Crippen LogP contribution in [0.3, 0.4) is 0 Å². The predicted octanol–water partition coefficient (Wildman–Crippen LogP) is 3.79. The summed E-state index contributed by atoms with van der Waals surface area (Å²) in [6, 6.07) is 5.59. The number of hydrogen-bond donors (Lipinski definition) is 0. The lowest BCUT2D eigenvalue weighted by atomic mass is 9.97. The Hall–Kier alpha value is -1.88. The molecule has 138 valence electrons. The van der Waals surface area contributed by atoms with E-state index in [2.05, 4.69) is 0 Å². The summed E-state index contributed by atoms with van der Waals surface area (Å²) in [4.78, 5) is 28.8. The van der Waals surface area contributed by atoms with E-state index in [-0.39, 0.29) is 11.8 Å². The van der Waals surface area contributed by atoms with Gasteiger partial charge in [-0.15, -0.1) is 5.06 Å². The molecule has 0 atom stereocenters. The minimum atomic E-state index is -0.482. The van der Waals surface area contributed by atoms with E-state index < -0.39 is 5.41 Å². The zero-order chi connectivity index (χ0) is 18.6. The van der Waals surface area contributed by atoms with Crippen LogP contribution in [0.4, 0.5) is 0 Å². The largest absolute Gasteiger partial charge is 0.493 e. The summed E-state index contributed by atoms with van der Waals surface area (Å²) in [5.41, 5.74) is 1.19. The standard InChI is InChI=1S/C20H29NO4/c1-14-12-17(6-7-18(14)15(2)22)24-13-16-8-10-21(11-9-16)25-19(23)20(3,4)5/h6-7,12,16H,8-11,13H2,1-5H3. The van der Waals surface area contributed by atoms with E-state index in [9.17, 15) is 9.59 Å². The summed E-state index contributed by atoms with van der Waals surface area (Å²) in [7, 11) is 0. The van der Waals surface area contributed by atoms with Crippen molar-refractivity contribution in [2.24, 2.45) is 11.3 Å². The lowest BCUT2D eigenvalue weighted by molar-refractivity contribution is -0.206. The Balaban J connectivity index is 1.78. The fraction of sp³-hybridized carbons (Fsp3) is 0.600. The topological polar surface area (TPSA) is 55.8 Å². The Morgan fingerprint density at radius 1 is 1.20 bits per heavy atom. The van der Waals surface area contributed by atoms with Gasteiger partial charge in [-0.2, -0.15) is 0 Å². The van der Waals surface area contributed by atoms with Gasteiger partial charge in [-0.25, -0.2) is 4.79 Å². The molecule has 0 N–H and O–H groups in total. The molecule has 5 heteroatoms. The summed E-state index contributed by atoms with van der Waals surface area (Å²) in [5.74, 6) is 1.12. The van der Waals surface area contributed by atoms with Gasteiger partial charge in [0.2, 0.25) is 0 Å². The molecule has 0 unspecified atom stereocenters. The third-order valence-corrected chi connectivity index (χ3v) is 4.46. The number of hydroxylamine groups is 2. The van der Waals surface area contributed by atoms with Crippen molar-refractivity contribution in [3.63, 3.8) is 0 Å². The molecule has 25 heavy (non-hydrogen) atoms. The van der Waals surface area contributed by atoms with Gasteiger partial charge in [0.15, 0.2) is 5.78 Å². The molecule has 0 saturated carbocycles. The number of piperidine rings is 1. The molecule has 0 radical (unpaired) electrons. The first kappa shape index (κ1) is 19.4. The van der Waals surface area contributed by atoms with E-state index >= 15 is 0 Å². The van der Waals surface area contributed by atoms with Gasteiger partial charge < -0.3 is 9.57 Å². The van der Waals surface area contributed by atoms with Crippen molar-refractivity contribution in [1.82, 2.24) is 5.06 Å². The van der Waals surface area contributed by atoms with Gasteiger partial charge in [0.25, 0.3) is 0 Å². The van der Waals surface area contributed by atoms with Crippen molar-refractivity contribution in [1.29, 1.82) is 0 Å². The van der Waals surface area contributed by atoms with Gasteiger partial charge in [0.1, 0.15) is 5.75 Å². The summed E-state index contributed by atoms with van der Waals surface area (Å²) < 4.78 is 5.89. The molecule has 0 bridgehead atoms. The highest BCUT2D eigenvalue weighted by Gasteiger charge is 2.28. The number of Topliss-reactive ketones (excluding diaryl/α,β-unsaturated/α-hetero) is 1. The van der Waals surface area contributed by atoms with Gasteiger partial charge >= 0.3 is 5.97 Å². The molecular weight excluding hydrogens is 318 g/mol. The molecule has 1 saturated heterocycles. The molecular formula is C20H29NO4. The van der Waals surface area contributed by atoms with Gasteiger partial charge in [-0.1, -0.05) is 0 Å². The van der Waals surface area contributed by atoms with Gasteiger partial charge in [-0.05, 0) is 77.1 Å². The van der Waals surface area contributed by atoms with E-state index in [1.54, 1.807) is 12.0 Å². The van der Waals surface area contributed by atoms with Crippen LogP contribution >= 0.6 is 0 Å². The number of ether oxygens (including phenoxy) is 1. The van der Waals surface area contributed by atoms with Crippen LogP contribution in [0.5, 0.6) is 5.75 Å². The Kier molecular flexibility index (Phi) is 6.22. The molecule has 0 aliphatic carbocycles. The highest BCUT2D eigenvalue weighted by Crippen LogP contribution is 2.23. The van der Waals surface area contributed by atoms with Crippen LogP contribution in [-0.4, -0.2) is 36.5 Å². The minimum absolute atomic E-state index is 0.0706. The third kappa shape index (κ3) is 5.56. The maximum atomic E-state index is 11.9. The lowest BCUT2D eigenvalue weighted by Gasteiger charge is -2.32. The first-order valence-electron chi connectivity index (χ1n) is 8.88. The molecule has 0 spiro atoms. The number of benzene rings is 1. The molecule has 1 heterocycles. The van der Waals surface area contributed by atoms with E-state index in [4.69, 9.17) is 9.57 Å². The van der Waals surface area contributed by atoms with Gasteiger partial charge in [-0.3, -0.25) is 4.79 Å². The molecule has 1 aromatic rings. The zero-order valence-electron chi connectivity index (χ0n) is 15.9. The van der Waals surface area contributed by atoms with E-state index in [0.29, 0.717) is 12.5 Å². The molecule has 1 aliphatic heterocycles. The van der Waals surface area contributed by atoms with Crippen molar-refractivity contribution in [3.8, 4) is 5.75 Å².